The summed E-state index contributed by atoms with van der Waals surface area (Å²) < 4.78 is 40.3. The molecule has 0 unspecified atom stereocenters. The normalized spacial score (nSPS) is 14.7. The second-order valence-corrected chi connectivity index (χ2v) is 6.24. The molecule has 0 saturated carbocycles. The molecular weight excluding hydrogens is 361 g/mol. The highest BCUT2D eigenvalue weighted by Crippen LogP contribution is 2.24. The van der Waals surface area contributed by atoms with Crippen molar-refractivity contribution in [1.82, 2.24) is 9.97 Å². The number of ether oxygens (including phenoxy) is 1. The first-order chi connectivity index (χ1) is 12.8. The summed E-state index contributed by atoms with van der Waals surface area (Å²) in [6.07, 6.45) is 0.109. The maximum Gasteiger partial charge on any atom is 0.573 e. The molecule has 0 atom stereocenters. The van der Waals surface area contributed by atoms with Crippen LogP contribution in [0.3, 0.4) is 0 Å². The average molecular weight is 380 g/mol. The fourth-order valence-corrected chi connectivity index (χ4v) is 2.86. The van der Waals surface area contributed by atoms with Gasteiger partial charge in [-0.15, -0.1) is 13.2 Å². The van der Waals surface area contributed by atoms with Crippen molar-refractivity contribution in [2.24, 2.45) is 0 Å². The summed E-state index contributed by atoms with van der Waals surface area (Å²) in [6.45, 7) is 3.53. The van der Waals surface area contributed by atoms with E-state index < -0.39 is 12.3 Å². The number of aryl methyl sites for hydroxylation is 1. The molecule has 1 aliphatic heterocycles. The molecule has 1 N–H and O–H groups in total. The third-order valence-electron chi connectivity index (χ3n) is 4.20. The van der Waals surface area contributed by atoms with Gasteiger partial charge in [0.05, 0.1) is 11.3 Å². The van der Waals surface area contributed by atoms with Crippen LogP contribution in [-0.2, 0) is 0 Å². The van der Waals surface area contributed by atoms with E-state index in [4.69, 9.17) is 0 Å². The second kappa shape index (κ2) is 7.81. The Hall–Kier alpha value is -2.84. The highest BCUT2D eigenvalue weighted by Gasteiger charge is 2.31. The quantitative estimate of drug-likeness (QED) is 0.871. The van der Waals surface area contributed by atoms with Crippen LogP contribution in [0.1, 0.15) is 35.3 Å². The predicted octanol–water partition coefficient (Wildman–Crippen LogP) is 3.93. The Morgan fingerprint density at radius 1 is 1.15 bits per heavy atom. The average Bonchev–Trinajstić information content (AvgIpc) is 2.62. The zero-order chi connectivity index (χ0) is 19.4. The number of alkyl halides is 3. The van der Waals surface area contributed by atoms with Gasteiger partial charge >= 0.3 is 6.36 Å². The van der Waals surface area contributed by atoms with Crippen molar-refractivity contribution in [3.63, 3.8) is 0 Å². The molecular formula is C18H19F3N4O2. The maximum atomic E-state index is 12.4. The van der Waals surface area contributed by atoms with Crippen LogP contribution >= 0.6 is 0 Å². The molecule has 2 heterocycles. The largest absolute Gasteiger partial charge is 0.573 e. The lowest BCUT2D eigenvalue weighted by molar-refractivity contribution is -0.274. The first-order valence-corrected chi connectivity index (χ1v) is 8.57. The van der Waals surface area contributed by atoms with Crippen molar-refractivity contribution < 1.29 is 22.7 Å². The van der Waals surface area contributed by atoms with Crippen molar-refractivity contribution in [1.29, 1.82) is 0 Å². The molecule has 1 saturated heterocycles. The van der Waals surface area contributed by atoms with E-state index >= 15 is 0 Å². The van der Waals surface area contributed by atoms with E-state index in [9.17, 15) is 18.0 Å². The van der Waals surface area contributed by atoms with Gasteiger partial charge in [-0.25, -0.2) is 9.97 Å². The molecule has 27 heavy (non-hydrogen) atoms. The molecule has 0 bridgehead atoms. The summed E-state index contributed by atoms with van der Waals surface area (Å²) in [4.78, 5) is 23.2. The van der Waals surface area contributed by atoms with E-state index in [0.29, 0.717) is 22.9 Å². The fraction of sp³-hybridized carbons (Fsp3) is 0.389. The number of rotatable bonds is 4. The number of carbonyl (C=O) groups excluding carboxylic acids is 1. The van der Waals surface area contributed by atoms with Gasteiger partial charge in [-0.3, -0.25) is 4.79 Å². The molecule has 0 aliphatic carbocycles. The minimum absolute atomic E-state index is 0.311. The van der Waals surface area contributed by atoms with E-state index in [-0.39, 0.29) is 5.75 Å². The van der Waals surface area contributed by atoms with E-state index in [1.807, 2.05) is 0 Å². The Morgan fingerprint density at radius 2 is 1.81 bits per heavy atom. The zero-order valence-corrected chi connectivity index (χ0v) is 14.7. The number of hydrogen-bond acceptors (Lipinski definition) is 5. The maximum absolute atomic E-state index is 12.4. The van der Waals surface area contributed by atoms with Crippen LogP contribution in [-0.4, -0.2) is 35.3 Å². The Kier molecular flexibility index (Phi) is 5.48. The Balaban J connectivity index is 1.67. The SMILES string of the molecule is Cc1nc(N2CCCCC2)ncc1C(=O)Nc1ccc(OC(F)(F)F)cc1. The van der Waals surface area contributed by atoms with Gasteiger partial charge in [-0.1, -0.05) is 0 Å². The zero-order valence-electron chi connectivity index (χ0n) is 14.7. The number of halogens is 3. The molecule has 0 spiro atoms. The third-order valence-corrected chi connectivity index (χ3v) is 4.20. The van der Waals surface area contributed by atoms with Crippen LogP contribution in [0.4, 0.5) is 24.8 Å². The van der Waals surface area contributed by atoms with Crippen molar-refractivity contribution in [2.45, 2.75) is 32.5 Å². The molecule has 144 valence electrons. The summed E-state index contributed by atoms with van der Waals surface area (Å²) in [5.41, 5.74) is 1.19. The number of hydrogen-bond donors (Lipinski definition) is 1. The van der Waals surface area contributed by atoms with Gasteiger partial charge in [0.2, 0.25) is 5.95 Å². The summed E-state index contributed by atoms with van der Waals surface area (Å²) >= 11 is 0. The van der Waals surface area contributed by atoms with E-state index in [1.54, 1.807) is 6.92 Å². The first-order valence-electron chi connectivity index (χ1n) is 8.57. The number of anilines is 2. The summed E-state index contributed by atoms with van der Waals surface area (Å²) in [5.74, 6) is -0.175. The lowest BCUT2D eigenvalue weighted by atomic mass is 10.1. The molecule has 1 fully saturated rings. The number of carbonyl (C=O) groups is 1. The molecule has 9 heteroatoms. The summed E-state index contributed by atoms with van der Waals surface area (Å²) in [5, 5.41) is 2.62. The smallest absolute Gasteiger partial charge is 0.406 e. The lowest BCUT2D eigenvalue weighted by Crippen LogP contribution is -2.31. The van der Waals surface area contributed by atoms with Crippen LogP contribution in [0, 0.1) is 6.92 Å². The number of benzene rings is 1. The van der Waals surface area contributed by atoms with Crippen LogP contribution in [0.25, 0.3) is 0 Å². The third kappa shape index (κ3) is 5.08. The minimum atomic E-state index is -4.75. The van der Waals surface area contributed by atoms with Crippen LogP contribution in [0.15, 0.2) is 30.5 Å². The van der Waals surface area contributed by atoms with Gasteiger partial charge in [0.15, 0.2) is 0 Å². The Morgan fingerprint density at radius 3 is 2.41 bits per heavy atom. The van der Waals surface area contributed by atoms with Crippen LogP contribution in [0.2, 0.25) is 0 Å². The van der Waals surface area contributed by atoms with Gasteiger partial charge < -0.3 is 15.0 Å². The number of piperidine rings is 1. The number of nitrogens with zero attached hydrogens (tertiary/aromatic N) is 3. The number of nitrogens with one attached hydrogen (secondary N) is 1. The van der Waals surface area contributed by atoms with Gasteiger partial charge in [-0.05, 0) is 50.5 Å². The molecule has 1 amide bonds. The Labute approximate surface area is 154 Å². The molecule has 2 aromatic rings. The van der Waals surface area contributed by atoms with Crippen LogP contribution < -0.4 is 15.0 Å². The van der Waals surface area contributed by atoms with Crippen molar-refractivity contribution in [3.8, 4) is 5.75 Å². The van der Waals surface area contributed by atoms with Gasteiger partial charge in [0, 0.05) is 25.0 Å². The van der Waals surface area contributed by atoms with Gasteiger partial charge in [-0.2, -0.15) is 0 Å². The standard InChI is InChI=1S/C18H19F3N4O2/c1-12-15(11-22-17(23-12)25-9-3-2-4-10-25)16(26)24-13-5-7-14(8-6-13)27-18(19,20)21/h5-8,11H,2-4,9-10H2,1H3,(H,24,26). The van der Waals surface area contributed by atoms with E-state index in [1.165, 1.54) is 24.8 Å². The van der Waals surface area contributed by atoms with Gasteiger partial charge in [0.25, 0.3) is 5.91 Å². The topological polar surface area (TPSA) is 67.4 Å². The highest BCUT2D eigenvalue weighted by atomic mass is 19.4. The molecule has 3 rings (SSSR count). The van der Waals surface area contributed by atoms with E-state index in [0.717, 1.165) is 38.1 Å². The molecule has 1 aromatic carbocycles. The fourth-order valence-electron chi connectivity index (χ4n) is 2.86. The molecule has 1 aromatic heterocycles. The van der Waals surface area contributed by atoms with Gasteiger partial charge in [0.1, 0.15) is 5.75 Å². The number of amides is 1. The minimum Gasteiger partial charge on any atom is -0.406 e. The molecule has 1 aliphatic rings. The van der Waals surface area contributed by atoms with Crippen molar-refractivity contribution in [3.05, 3.63) is 41.7 Å². The predicted molar refractivity (Wildman–Crippen MR) is 93.9 cm³/mol. The van der Waals surface area contributed by atoms with E-state index in [2.05, 4.69) is 24.9 Å². The monoisotopic (exact) mass is 380 g/mol. The van der Waals surface area contributed by atoms with Crippen LogP contribution in [0.5, 0.6) is 5.75 Å². The highest BCUT2D eigenvalue weighted by molar-refractivity contribution is 6.04. The first kappa shape index (κ1) is 18.9. The van der Waals surface area contributed by atoms with Crippen molar-refractivity contribution >= 4 is 17.5 Å². The summed E-state index contributed by atoms with van der Waals surface area (Å²) in [6, 6.07) is 4.92. The molecule has 6 nitrogen and oxygen atoms in total. The van der Waals surface area contributed by atoms with Crippen molar-refractivity contribution in [2.75, 3.05) is 23.3 Å². The lowest BCUT2D eigenvalue weighted by Gasteiger charge is -2.26. The Bertz CT molecular complexity index is 803. The second-order valence-electron chi connectivity index (χ2n) is 6.24. The summed E-state index contributed by atoms with van der Waals surface area (Å²) in [7, 11) is 0. The molecule has 0 radical (unpaired) electrons. The number of aromatic nitrogens is 2.